The lowest BCUT2D eigenvalue weighted by atomic mass is 10.1. The van der Waals surface area contributed by atoms with E-state index in [1.165, 1.54) is 7.11 Å². The van der Waals surface area contributed by atoms with Crippen molar-refractivity contribution >= 4 is 39.8 Å². The van der Waals surface area contributed by atoms with E-state index < -0.39 is 5.97 Å². The second-order valence-corrected chi connectivity index (χ2v) is 6.44. The minimum absolute atomic E-state index is 0.212. The van der Waals surface area contributed by atoms with Crippen LogP contribution < -0.4 is 10.6 Å². The summed E-state index contributed by atoms with van der Waals surface area (Å²) in [7, 11) is 1.26. The highest BCUT2D eigenvalue weighted by Crippen LogP contribution is 2.34. The second kappa shape index (κ2) is 7.94. The summed E-state index contributed by atoms with van der Waals surface area (Å²) in [6.45, 7) is 5.26. The molecular formula is C18H20N2O4S. The molecule has 0 aliphatic rings. The van der Waals surface area contributed by atoms with Crippen molar-refractivity contribution in [2.75, 3.05) is 17.7 Å². The van der Waals surface area contributed by atoms with Gasteiger partial charge in [0.1, 0.15) is 5.00 Å². The van der Waals surface area contributed by atoms with Crippen molar-refractivity contribution in [3.05, 3.63) is 45.8 Å². The van der Waals surface area contributed by atoms with E-state index in [4.69, 9.17) is 4.74 Å². The maximum atomic E-state index is 12.7. The summed E-state index contributed by atoms with van der Waals surface area (Å²) in [5.74, 6) is -1.16. The van der Waals surface area contributed by atoms with Crippen LogP contribution in [0.15, 0.2) is 24.3 Å². The highest BCUT2D eigenvalue weighted by atomic mass is 32.1. The van der Waals surface area contributed by atoms with Gasteiger partial charge in [-0.3, -0.25) is 9.59 Å². The number of rotatable bonds is 5. The van der Waals surface area contributed by atoms with Crippen LogP contribution in [0, 0.1) is 13.8 Å². The molecule has 0 unspecified atom stereocenters. The molecule has 1 aromatic heterocycles. The summed E-state index contributed by atoms with van der Waals surface area (Å²) in [5.41, 5.74) is 2.32. The molecule has 2 aromatic rings. The van der Waals surface area contributed by atoms with E-state index in [9.17, 15) is 14.4 Å². The summed E-state index contributed by atoms with van der Waals surface area (Å²) in [5, 5.41) is 5.83. The molecule has 0 saturated carbocycles. The molecule has 132 valence electrons. The van der Waals surface area contributed by atoms with Crippen molar-refractivity contribution in [1.82, 2.24) is 0 Å². The van der Waals surface area contributed by atoms with Gasteiger partial charge in [-0.05, 0) is 31.0 Å². The van der Waals surface area contributed by atoms with Gasteiger partial charge in [0.15, 0.2) is 0 Å². The van der Waals surface area contributed by atoms with Crippen molar-refractivity contribution < 1.29 is 19.1 Å². The predicted octanol–water partition coefficient (Wildman–Crippen LogP) is 3.75. The molecule has 2 rings (SSSR count). The molecule has 6 nitrogen and oxygen atoms in total. The van der Waals surface area contributed by atoms with Gasteiger partial charge < -0.3 is 15.4 Å². The van der Waals surface area contributed by atoms with Crippen LogP contribution in [-0.4, -0.2) is 24.9 Å². The Morgan fingerprint density at radius 3 is 2.40 bits per heavy atom. The first-order chi connectivity index (χ1) is 11.9. The number of benzene rings is 1. The number of anilines is 2. The van der Waals surface area contributed by atoms with Gasteiger partial charge in [0.25, 0.3) is 5.91 Å². The molecule has 2 amide bonds. The van der Waals surface area contributed by atoms with Gasteiger partial charge in [0.2, 0.25) is 5.91 Å². The standard InChI is InChI=1S/C18H20N2O4S/c1-5-13(21)20-17-14(18(23)24-4)11(3)15(25-17)16(22)19-12-9-7-6-8-10(12)2/h6-9H,5H2,1-4H3,(H,19,22)(H,20,21). The van der Waals surface area contributed by atoms with E-state index in [2.05, 4.69) is 10.6 Å². The molecule has 0 aliphatic heterocycles. The molecule has 1 heterocycles. The molecule has 0 aliphatic carbocycles. The molecule has 0 radical (unpaired) electrons. The molecule has 1 aromatic carbocycles. The Balaban J connectivity index is 2.40. The molecule has 0 fully saturated rings. The molecule has 7 heteroatoms. The Hall–Kier alpha value is -2.67. The van der Waals surface area contributed by atoms with Gasteiger partial charge >= 0.3 is 5.97 Å². The van der Waals surface area contributed by atoms with Crippen molar-refractivity contribution in [3.8, 4) is 0 Å². The van der Waals surface area contributed by atoms with Gasteiger partial charge in [-0.15, -0.1) is 11.3 Å². The number of carbonyl (C=O) groups excluding carboxylic acids is 3. The summed E-state index contributed by atoms with van der Waals surface area (Å²) < 4.78 is 4.79. The Kier molecular flexibility index (Phi) is 5.93. The van der Waals surface area contributed by atoms with Crippen LogP contribution in [0.25, 0.3) is 0 Å². The van der Waals surface area contributed by atoms with Crippen LogP contribution in [0.1, 0.15) is 44.5 Å². The zero-order chi connectivity index (χ0) is 18.6. The van der Waals surface area contributed by atoms with Crippen LogP contribution in [0.4, 0.5) is 10.7 Å². The number of carbonyl (C=O) groups is 3. The van der Waals surface area contributed by atoms with Gasteiger partial charge in [-0.2, -0.15) is 0 Å². The molecular weight excluding hydrogens is 340 g/mol. The zero-order valence-corrected chi connectivity index (χ0v) is 15.4. The maximum Gasteiger partial charge on any atom is 0.341 e. The molecule has 0 atom stereocenters. The number of aryl methyl sites for hydroxylation is 1. The lowest BCUT2D eigenvalue weighted by Crippen LogP contribution is -2.13. The number of para-hydroxylation sites is 1. The topological polar surface area (TPSA) is 84.5 Å². The first-order valence-electron chi connectivity index (χ1n) is 7.77. The highest BCUT2D eigenvalue weighted by Gasteiger charge is 2.26. The minimum atomic E-state index is -0.588. The normalized spacial score (nSPS) is 10.2. The summed E-state index contributed by atoms with van der Waals surface area (Å²) in [6.07, 6.45) is 0.266. The Morgan fingerprint density at radius 2 is 1.80 bits per heavy atom. The van der Waals surface area contributed by atoms with Crippen molar-refractivity contribution in [2.45, 2.75) is 27.2 Å². The van der Waals surface area contributed by atoms with Gasteiger partial charge in [0.05, 0.1) is 17.6 Å². The smallest absolute Gasteiger partial charge is 0.341 e. The Bertz CT molecular complexity index is 826. The highest BCUT2D eigenvalue weighted by molar-refractivity contribution is 7.18. The number of methoxy groups -OCH3 is 1. The van der Waals surface area contributed by atoms with Gasteiger partial charge in [0, 0.05) is 12.1 Å². The van der Waals surface area contributed by atoms with Crippen LogP contribution in [0.5, 0.6) is 0 Å². The largest absolute Gasteiger partial charge is 0.465 e. The van der Waals surface area contributed by atoms with E-state index in [1.807, 2.05) is 25.1 Å². The summed E-state index contributed by atoms with van der Waals surface area (Å²) in [6, 6.07) is 7.41. The third-order valence-electron chi connectivity index (χ3n) is 3.71. The number of esters is 1. The van der Waals surface area contributed by atoms with E-state index in [0.717, 1.165) is 16.9 Å². The quantitative estimate of drug-likeness (QED) is 0.795. The SMILES string of the molecule is CCC(=O)Nc1sc(C(=O)Nc2ccccc2C)c(C)c1C(=O)OC. The van der Waals surface area contributed by atoms with Crippen LogP contribution in [0.3, 0.4) is 0 Å². The number of nitrogens with one attached hydrogen (secondary N) is 2. The lowest BCUT2D eigenvalue weighted by Gasteiger charge is -2.07. The third kappa shape index (κ3) is 4.06. The second-order valence-electron chi connectivity index (χ2n) is 5.42. The average molecular weight is 360 g/mol. The number of hydrogen-bond acceptors (Lipinski definition) is 5. The lowest BCUT2D eigenvalue weighted by molar-refractivity contribution is -0.115. The van der Waals surface area contributed by atoms with E-state index in [0.29, 0.717) is 21.1 Å². The molecule has 0 bridgehead atoms. The predicted molar refractivity (Wildman–Crippen MR) is 98.4 cm³/mol. The Morgan fingerprint density at radius 1 is 1.12 bits per heavy atom. The monoisotopic (exact) mass is 360 g/mol. The summed E-state index contributed by atoms with van der Waals surface area (Å²) in [4.78, 5) is 36.8. The fourth-order valence-corrected chi connectivity index (χ4v) is 3.38. The first kappa shape index (κ1) is 18.7. The van der Waals surface area contributed by atoms with Gasteiger partial charge in [-0.1, -0.05) is 25.1 Å². The van der Waals surface area contributed by atoms with Crippen LogP contribution >= 0.6 is 11.3 Å². The van der Waals surface area contributed by atoms with Crippen LogP contribution in [0.2, 0.25) is 0 Å². The average Bonchev–Trinajstić information content (AvgIpc) is 2.92. The van der Waals surface area contributed by atoms with Crippen molar-refractivity contribution in [1.29, 1.82) is 0 Å². The maximum absolute atomic E-state index is 12.7. The van der Waals surface area contributed by atoms with Crippen molar-refractivity contribution in [2.24, 2.45) is 0 Å². The van der Waals surface area contributed by atoms with Crippen molar-refractivity contribution in [3.63, 3.8) is 0 Å². The molecule has 0 spiro atoms. The third-order valence-corrected chi connectivity index (χ3v) is 4.92. The molecule has 25 heavy (non-hydrogen) atoms. The number of thiophene rings is 1. The van der Waals surface area contributed by atoms with Crippen LogP contribution in [-0.2, 0) is 9.53 Å². The van der Waals surface area contributed by atoms with E-state index in [-0.39, 0.29) is 23.8 Å². The fraction of sp³-hybridized carbons (Fsp3) is 0.278. The zero-order valence-electron chi connectivity index (χ0n) is 14.6. The number of hydrogen-bond donors (Lipinski definition) is 2. The fourth-order valence-electron chi connectivity index (χ4n) is 2.27. The summed E-state index contributed by atoms with van der Waals surface area (Å²) >= 11 is 1.06. The van der Waals surface area contributed by atoms with Gasteiger partial charge in [-0.25, -0.2) is 4.79 Å². The first-order valence-corrected chi connectivity index (χ1v) is 8.59. The minimum Gasteiger partial charge on any atom is -0.465 e. The Labute approximate surface area is 150 Å². The van der Waals surface area contributed by atoms with E-state index in [1.54, 1.807) is 19.9 Å². The number of amides is 2. The number of ether oxygens (including phenoxy) is 1. The molecule has 0 saturated heterocycles. The van der Waals surface area contributed by atoms with E-state index >= 15 is 0 Å². The molecule has 2 N–H and O–H groups in total.